The second kappa shape index (κ2) is 6.98. The molecule has 0 aromatic carbocycles. The zero-order chi connectivity index (χ0) is 15.4. The van der Waals surface area contributed by atoms with Gasteiger partial charge in [0, 0.05) is 44.1 Å². The number of ether oxygens (including phenoxy) is 1. The molecule has 1 aliphatic heterocycles. The average molecular weight is 293 g/mol. The Kier molecular flexibility index (Phi) is 5.28. The Morgan fingerprint density at radius 1 is 1.38 bits per heavy atom. The molecule has 1 saturated heterocycles. The number of nitrogens with zero attached hydrogens (tertiary/aromatic N) is 2. The van der Waals surface area contributed by atoms with Crippen molar-refractivity contribution in [1.82, 2.24) is 14.8 Å². The minimum atomic E-state index is -0.175. The van der Waals surface area contributed by atoms with Crippen LogP contribution in [0.2, 0.25) is 0 Å². The van der Waals surface area contributed by atoms with Gasteiger partial charge < -0.3 is 19.5 Å². The number of piperidine rings is 1. The SMILES string of the molecule is CCOC(=O)N1CCC(NCc2cc(C)n(C)c2C)CC1. The zero-order valence-electron chi connectivity index (χ0n) is 13.6. The second-order valence-electron chi connectivity index (χ2n) is 5.80. The molecule has 1 fully saturated rings. The Labute approximate surface area is 127 Å². The number of aromatic nitrogens is 1. The van der Waals surface area contributed by atoms with Crippen molar-refractivity contribution in [3.05, 3.63) is 23.0 Å². The summed E-state index contributed by atoms with van der Waals surface area (Å²) in [5.74, 6) is 0. The van der Waals surface area contributed by atoms with E-state index in [4.69, 9.17) is 4.74 Å². The number of carbonyl (C=O) groups is 1. The summed E-state index contributed by atoms with van der Waals surface area (Å²) >= 11 is 0. The molecule has 1 aromatic rings. The molecule has 1 amide bonds. The van der Waals surface area contributed by atoms with Gasteiger partial charge in [0.15, 0.2) is 0 Å². The van der Waals surface area contributed by atoms with Gasteiger partial charge in [0.2, 0.25) is 0 Å². The van der Waals surface area contributed by atoms with Crippen molar-refractivity contribution in [2.75, 3.05) is 19.7 Å². The van der Waals surface area contributed by atoms with Crippen LogP contribution in [0.3, 0.4) is 0 Å². The normalized spacial score (nSPS) is 16.3. The van der Waals surface area contributed by atoms with E-state index in [-0.39, 0.29) is 6.09 Å². The van der Waals surface area contributed by atoms with E-state index in [1.165, 1.54) is 17.0 Å². The molecule has 0 radical (unpaired) electrons. The molecule has 5 nitrogen and oxygen atoms in total. The first kappa shape index (κ1) is 15.9. The van der Waals surface area contributed by atoms with Gasteiger partial charge >= 0.3 is 6.09 Å². The molecular formula is C16H27N3O2. The van der Waals surface area contributed by atoms with E-state index in [1.807, 2.05) is 6.92 Å². The molecule has 0 atom stereocenters. The Bertz CT molecular complexity index is 488. The van der Waals surface area contributed by atoms with Gasteiger partial charge in [-0.1, -0.05) is 0 Å². The maximum atomic E-state index is 11.6. The van der Waals surface area contributed by atoms with Gasteiger partial charge in [0.05, 0.1) is 6.61 Å². The van der Waals surface area contributed by atoms with E-state index in [0.29, 0.717) is 12.6 Å². The van der Waals surface area contributed by atoms with Crippen LogP contribution in [0.5, 0.6) is 0 Å². The summed E-state index contributed by atoms with van der Waals surface area (Å²) in [7, 11) is 2.10. The number of aryl methyl sites for hydroxylation is 1. The van der Waals surface area contributed by atoms with Crippen LogP contribution in [-0.4, -0.2) is 41.3 Å². The number of hydrogen-bond acceptors (Lipinski definition) is 3. The molecule has 0 bridgehead atoms. The fourth-order valence-corrected chi connectivity index (χ4v) is 2.85. The van der Waals surface area contributed by atoms with Gasteiger partial charge in [-0.2, -0.15) is 0 Å². The van der Waals surface area contributed by atoms with Crippen LogP contribution in [0.15, 0.2) is 6.07 Å². The van der Waals surface area contributed by atoms with E-state index in [1.54, 1.807) is 4.90 Å². The van der Waals surface area contributed by atoms with E-state index in [2.05, 4.69) is 36.8 Å². The third-order valence-electron chi connectivity index (χ3n) is 4.48. The van der Waals surface area contributed by atoms with Crippen molar-refractivity contribution in [2.45, 2.75) is 46.2 Å². The van der Waals surface area contributed by atoms with E-state index in [0.717, 1.165) is 32.5 Å². The van der Waals surface area contributed by atoms with E-state index in [9.17, 15) is 4.79 Å². The number of hydrogen-bond donors (Lipinski definition) is 1. The minimum Gasteiger partial charge on any atom is -0.450 e. The van der Waals surface area contributed by atoms with Gasteiger partial charge in [-0.25, -0.2) is 4.79 Å². The fraction of sp³-hybridized carbons (Fsp3) is 0.688. The van der Waals surface area contributed by atoms with Gasteiger partial charge in [-0.15, -0.1) is 0 Å². The second-order valence-corrected chi connectivity index (χ2v) is 5.80. The Morgan fingerprint density at radius 3 is 2.57 bits per heavy atom. The molecule has 0 unspecified atom stereocenters. The van der Waals surface area contributed by atoms with Crippen LogP contribution in [0.4, 0.5) is 4.79 Å². The molecule has 2 heterocycles. The molecule has 118 valence electrons. The molecule has 0 spiro atoms. The lowest BCUT2D eigenvalue weighted by atomic mass is 10.0. The molecule has 1 aromatic heterocycles. The lowest BCUT2D eigenvalue weighted by Crippen LogP contribution is -2.44. The topological polar surface area (TPSA) is 46.5 Å². The van der Waals surface area contributed by atoms with Crippen molar-refractivity contribution in [3.63, 3.8) is 0 Å². The Balaban J connectivity index is 1.79. The minimum absolute atomic E-state index is 0.175. The van der Waals surface area contributed by atoms with Gasteiger partial charge in [0.1, 0.15) is 0 Å². The average Bonchev–Trinajstić information content (AvgIpc) is 2.73. The number of rotatable bonds is 4. The van der Waals surface area contributed by atoms with Crippen molar-refractivity contribution in [2.24, 2.45) is 7.05 Å². The number of amides is 1. The van der Waals surface area contributed by atoms with Gasteiger partial charge in [-0.05, 0) is 45.2 Å². The summed E-state index contributed by atoms with van der Waals surface area (Å²) in [5, 5.41) is 3.62. The highest BCUT2D eigenvalue weighted by atomic mass is 16.6. The molecule has 5 heteroatoms. The highest BCUT2D eigenvalue weighted by molar-refractivity contribution is 5.67. The molecule has 2 rings (SSSR count). The molecule has 0 aliphatic carbocycles. The predicted molar refractivity (Wildman–Crippen MR) is 83.3 cm³/mol. The van der Waals surface area contributed by atoms with Crippen LogP contribution in [0.25, 0.3) is 0 Å². The summed E-state index contributed by atoms with van der Waals surface area (Å²) < 4.78 is 7.26. The van der Waals surface area contributed by atoms with Gasteiger partial charge in [0.25, 0.3) is 0 Å². The van der Waals surface area contributed by atoms with Crippen LogP contribution < -0.4 is 5.32 Å². The summed E-state index contributed by atoms with van der Waals surface area (Å²) in [6.45, 7) is 9.05. The zero-order valence-corrected chi connectivity index (χ0v) is 13.6. The van der Waals surface area contributed by atoms with Crippen molar-refractivity contribution in [1.29, 1.82) is 0 Å². The van der Waals surface area contributed by atoms with Crippen LogP contribution in [0.1, 0.15) is 36.7 Å². The third kappa shape index (κ3) is 3.79. The number of likely N-dealkylation sites (tertiary alicyclic amines) is 1. The van der Waals surface area contributed by atoms with Crippen LogP contribution >= 0.6 is 0 Å². The maximum absolute atomic E-state index is 11.6. The number of carbonyl (C=O) groups excluding carboxylic acids is 1. The Morgan fingerprint density at radius 2 is 2.05 bits per heavy atom. The molecule has 1 N–H and O–H groups in total. The smallest absolute Gasteiger partial charge is 0.409 e. The predicted octanol–water partition coefficient (Wildman–Crippen LogP) is 2.35. The standard InChI is InChI=1S/C16H27N3O2/c1-5-21-16(20)19-8-6-15(7-9-19)17-11-14-10-12(2)18(4)13(14)3/h10,15,17H,5-9,11H2,1-4H3. The van der Waals surface area contributed by atoms with E-state index < -0.39 is 0 Å². The largest absolute Gasteiger partial charge is 0.450 e. The lowest BCUT2D eigenvalue weighted by Gasteiger charge is -2.31. The first-order valence-electron chi connectivity index (χ1n) is 7.79. The highest BCUT2D eigenvalue weighted by Crippen LogP contribution is 2.15. The quantitative estimate of drug-likeness (QED) is 0.927. The summed E-state index contributed by atoms with van der Waals surface area (Å²) in [6.07, 6.45) is 1.80. The van der Waals surface area contributed by atoms with E-state index >= 15 is 0 Å². The van der Waals surface area contributed by atoms with Crippen LogP contribution in [-0.2, 0) is 18.3 Å². The molecule has 21 heavy (non-hydrogen) atoms. The summed E-state index contributed by atoms with van der Waals surface area (Å²) in [6, 6.07) is 2.73. The molecule has 1 aliphatic rings. The first-order valence-corrected chi connectivity index (χ1v) is 7.79. The monoisotopic (exact) mass is 293 g/mol. The first-order chi connectivity index (χ1) is 10.0. The maximum Gasteiger partial charge on any atom is 0.409 e. The third-order valence-corrected chi connectivity index (χ3v) is 4.48. The highest BCUT2D eigenvalue weighted by Gasteiger charge is 2.23. The Hall–Kier alpha value is -1.49. The fourth-order valence-electron chi connectivity index (χ4n) is 2.85. The number of nitrogens with one attached hydrogen (secondary N) is 1. The van der Waals surface area contributed by atoms with Crippen molar-refractivity contribution >= 4 is 6.09 Å². The molecule has 0 saturated carbocycles. The lowest BCUT2D eigenvalue weighted by molar-refractivity contribution is 0.0950. The summed E-state index contributed by atoms with van der Waals surface area (Å²) in [5.41, 5.74) is 3.98. The van der Waals surface area contributed by atoms with Crippen molar-refractivity contribution < 1.29 is 9.53 Å². The van der Waals surface area contributed by atoms with Gasteiger partial charge in [-0.3, -0.25) is 0 Å². The molecular weight excluding hydrogens is 266 g/mol. The summed E-state index contributed by atoms with van der Waals surface area (Å²) in [4.78, 5) is 13.5. The van der Waals surface area contributed by atoms with Crippen molar-refractivity contribution in [3.8, 4) is 0 Å². The van der Waals surface area contributed by atoms with Crippen LogP contribution in [0, 0.1) is 13.8 Å².